The molecule has 11 heteroatoms. The zero-order chi connectivity index (χ0) is 17.9. The second-order valence-corrected chi connectivity index (χ2v) is 6.22. The van der Waals surface area contributed by atoms with Gasteiger partial charge in [0.2, 0.25) is 0 Å². The lowest BCUT2D eigenvalue weighted by Gasteiger charge is -2.11. The van der Waals surface area contributed by atoms with Crippen LogP contribution in [-0.4, -0.2) is 24.4 Å². The number of hydrogen-bond donors (Lipinski definition) is 4. The van der Waals surface area contributed by atoms with Gasteiger partial charge in [0.15, 0.2) is 0 Å². The Morgan fingerprint density at radius 1 is 1.17 bits per heavy atom. The molecule has 0 bridgehead atoms. The molecule has 0 saturated heterocycles. The molecule has 0 saturated carbocycles. The van der Waals surface area contributed by atoms with Crippen molar-refractivity contribution < 1.29 is 23.2 Å². The molecule has 0 aliphatic rings. The average Bonchev–Trinajstić information content (AvgIpc) is 2.54. The van der Waals surface area contributed by atoms with Crippen molar-refractivity contribution >= 4 is 33.1 Å². The van der Waals surface area contributed by atoms with Crippen molar-refractivity contribution in [2.45, 2.75) is 4.90 Å². The smallest absolute Gasteiger partial charge is 0.337 e. The summed E-state index contributed by atoms with van der Waals surface area (Å²) in [6.45, 7) is 0. The summed E-state index contributed by atoms with van der Waals surface area (Å²) in [4.78, 5) is 20.9. The Morgan fingerprint density at radius 3 is 2.42 bits per heavy atom. The lowest BCUT2D eigenvalue weighted by Crippen LogP contribution is -2.16. The zero-order valence-corrected chi connectivity index (χ0v) is 12.8. The van der Waals surface area contributed by atoms with Crippen LogP contribution in [0.3, 0.4) is 0 Å². The lowest BCUT2D eigenvalue weighted by atomic mass is 10.2. The number of aromatic carboxylic acids is 1. The molecule has 0 spiro atoms. The maximum atomic E-state index is 12.4. The van der Waals surface area contributed by atoms with Gasteiger partial charge in [-0.2, -0.15) is 0 Å². The second-order valence-electron chi connectivity index (χ2n) is 4.54. The third-order valence-corrected chi connectivity index (χ3v) is 4.40. The highest BCUT2D eigenvalue weighted by molar-refractivity contribution is 7.92. The molecule has 0 aromatic heterocycles. The summed E-state index contributed by atoms with van der Waals surface area (Å²) in [5, 5.41) is 20.1. The molecular formula is C13H12N4O6S. The third kappa shape index (κ3) is 3.42. The van der Waals surface area contributed by atoms with Crippen molar-refractivity contribution in [3.8, 4) is 0 Å². The number of nitro groups is 1. The van der Waals surface area contributed by atoms with E-state index in [4.69, 9.17) is 10.9 Å². The summed E-state index contributed by atoms with van der Waals surface area (Å²) in [6, 6.07) is 8.45. The number of nitrogen functional groups attached to an aromatic ring is 1. The molecule has 0 fully saturated rings. The molecule has 0 unspecified atom stereocenters. The van der Waals surface area contributed by atoms with Crippen molar-refractivity contribution in [1.29, 1.82) is 0 Å². The normalized spacial score (nSPS) is 10.9. The number of carboxylic acid groups (broad SMARTS) is 1. The first-order valence-electron chi connectivity index (χ1n) is 6.36. The fourth-order valence-electron chi connectivity index (χ4n) is 1.91. The number of nitro benzene ring substituents is 1. The summed E-state index contributed by atoms with van der Waals surface area (Å²) < 4.78 is 26.9. The van der Waals surface area contributed by atoms with E-state index in [9.17, 15) is 23.3 Å². The van der Waals surface area contributed by atoms with Crippen LogP contribution in [0, 0.1) is 10.1 Å². The molecule has 0 amide bonds. The molecule has 10 nitrogen and oxygen atoms in total. The van der Waals surface area contributed by atoms with E-state index in [2.05, 4.69) is 10.1 Å². The van der Waals surface area contributed by atoms with E-state index in [1.165, 1.54) is 24.3 Å². The van der Waals surface area contributed by atoms with Gasteiger partial charge in [0.25, 0.3) is 15.7 Å². The van der Waals surface area contributed by atoms with E-state index >= 15 is 0 Å². The van der Waals surface area contributed by atoms with Crippen LogP contribution < -0.4 is 16.0 Å². The van der Waals surface area contributed by atoms with Crippen LogP contribution in [0.4, 0.5) is 17.1 Å². The number of nitrogens with one attached hydrogen (secondary N) is 2. The SMILES string of the molecule is NNc1ccc(S(=O)(=O)Nc2ccccc2C(=O)O)cc1[N+](=O)[O-]. The first-order chi connectivity index (χ1) is 11.3. The monoisotopic (exact) mass is 352 g/mol. The molecule has 0 aliphatic heterocycles. The van der Waals surface area contributed by atoms with Crippen LogP contribution in [0.25, 0.3) is 0 Å². The van der Waals surface area contributed by atoms with Gasteiger partial charge >= 0.3 is 5.97 Å². The molecule has 5 N–H and O–H groups in total. The van der Waals surface area contributed by atoms with Gasteiger partial charge in [-0.15, -0.1) is 0 Å². The molecular weight excluding hydrogens is 340 g/mol. The maximum Gasteiger partial charge on any atom is 0.337 e. The number of benzene rings is 2. The molecule has 2 aromatic rings. The van der Waals surface area contributed by atoms with Gasteiger partial charge in [0, 0.05) is 6.07 Å². The van der Waals surface area contributed by atoms with Gasteiger partial charge in [-0.1, -0.05) is 12.1 Å². The summed E-state index contributed by atoms with van der Waals surface area (Å²) >= 11 is 0. The Bertz CT molecular complexity index is 912. The van der Waals surface area contributed by atoms with Crippen molar-refractivity contribution in [2.24, 2.45) is 5.84 Å². The van der Waals surface area contributed by atoms with Crippen molar-refractivity contribution in [2.75, 3.05) is 10.1 Å². The van der Waals surface area contributed by atoms with Crippen LogP contribution in [0.15, 0.2) is 47.4 Å². The minimum absolute atomic E-state index is 0.0649. The standard InChI is InChI=1S/C13H12N4O6S/c14-15-11-6-5-8(7-12(11)17(20)21)24(22,23)16-10-4-2-1-3-9(10)13(18)19/h1-7,15-16H,14H2,(H,18,19). The maximum absolute atomic E-state index is 12.4. The third-order valence-electron chi connectivity index (χ3n) is 3.03. The van der Waals surface area contributed by atoms with Crippen LogP contribution >= 0.6 is 0 Å². The molecule has 0 atom stereocenters. The molecule has 0 aliphatic carbocycles. The van der Waals surface area contributed by atoms with E-state index in [-0.39, 0.29) is 16.9 Å². The predicted octanol–water partition coefficient (Wildman–Crippen LogP) is 1.38. The average molecular weight is 352 g/mol. The predicted molar refractivity (Wildman–Crippen MR) is 85.1 cm³/mol. The van der Waals surface area contributed by atoms with E-state index in [0.717, 1.165) is 18.2 Å². The van der Waals surface area contributed by atoms with Gasteiger partial charge in [-0.3, -0.25) is 20.7 Å². The molecule has 24 heavy (non-hydrogen) atoms. The van der Waals surface area contributed by atoms with Crippen molar-refractivity contribution in [3.05, 3.63) is 58.1 Å². The number of hydrazine groups is 1. The molecule has 0 heterocycles. The van der Waals surface area contributed by atoms with E-state index < -0.39 is 31.5 Å². The quantitative estimate of drug-likeness (QED) is 0.344. The fraction of sp³-hybridized carbons (Fsp3) is 0. The fourth-order valence-corrected chi connectivity index (χ4v) is 3.01. The van der Waals surface area contributed by atoms with Crippen LogP contribution in [0.1, 0.15) is 10.4 Å². The minimum atomic E-state index is -4.24. The highest BCUT2D eigenvalue weighted by Crippen LogP contribution is 2.28. The number of hydrogen-bond acceptors (Lipinski definition) is 7. The number of sulfonamides is 1. The number of carbonyl (C=O) groups is 1. The zero-order valence-electron chi connectivity index (χ0n) is 12.0. The first kappa shape index (κ1) is 17.2. The van der Waals surface area contributed by atoms with Gasteiger partial charge in [0.1, 0.15) is 5.69 Å². The Hall–Kier alpha value is -3.18. The minimum Gasteiger partial charge on any atom is -0.478 e. The van der Waals surface area contributed by atoms with Crippen molar-refractivity contribution in [1.82, 2.24) is 0 Å². The number of nitrogens with zero attached hydrogens (tertiary/aromatic N) is 1. The largest absolute Gasteiger partial charge is 0.478 e. The van der Waals surface area contributed by atoms with Gasteiger partial charge in [-0.25, -0.2) is 13.2 Å². The Kier molecular flexibility index (Phi) is 4.66. The van der Waals surface area contributed by atoms with Gasteiger partial charge in [0.05, 0.1) is 21.1 Å². The number of anilines is 2. The van der Waals surface area contributed by atoms with Crippen molar-refractivity contribution in [3.63, 3.8) is 0 Å². The summed E-state index contributed by atoms with van der Waals surface area (Å²) in [5.74, 6) is 3.82. The molecule has 0 radical (unpaired) electrons. The van der Waals surface area contributed by atoms with E-state index in [0.29, 0.717) is 0 Å². The molecule has 2 aromatic carbocycles. The number of rotatable bonds is 6. The Balaban J connectivity index is 2.47. The number of nitrogens with two attached hydrogens (primary N) is 1. The van der Waals surface area contributed by atoms with E-state index in [1.54, 1.807) is 0 Å². The molecule has 2 rings (SSSR count). The lowest BCUT2D eigenvalue weighted by molar-refractivity contribution is -0.384. The first-order valence-corrected chi connectivity index (χ1v) is 7.85. The Morgan fingerprint density at radius 2 is 1.83 bits per heavy atom. The summed E-state index contributed by atoms with van der Waals surface area (Å²) in [5.41, 5.74) is 1.08. The number of carboxylic acids is 1. The van der Waals surface area contributed by atoms with Crippen LogP contribution in [0.5, 0.6) is 0 Å². The van der Waals surface area contributed by atoms with E-state index in [1.807, 2.05) is 0 Å². The van der Waals surface area contributed by atoms with Crippen LogP contribution in [-0.2, 0) is 10.0 Å². The summed E-state index contributed by atoms with van der Waals surface area (Å²) in [6.07, 6.45) is 0. The topological polar surface area (TPSA) is 165 Å². The molecule has 126 valence electrons. The Labute approximate surface area is 136 Å². The van der Waals surface area contributed by atoms with Gasteiger partial charge < -0.3 is 10.5 Å². The van der Waals surface area contributed by atoms with Gasteiger partial charge in [-0.05, 0) is 24.3 Å². The highest BCUT2D eigenvalue weighted by Gasteiger charge is 2.22. The second kappa shape index (κ2) is 6.52. The van der Waals surface area contributed by atoms with Crippen LogP contribution in [0.2, 0.25) is 0 Å². The highest BCUT2D eigenvalue weighted by atomic mass is 32.2. The number of para-hydroxylation sites is 1. The summed E-state index contributed by atoms with van der Waals surface area (Å²) in [7, 11) is -4.24.